The average molecular weight is 330 g/mol. The molecule has 8 heteroatoms. The highest BCUT2D eigenvalue weighted by Gasteiger charge is 2.23. The van der Waals surface area contributed by atoms with Gasteiger partial charge in [0.25, 0.3) is 0 Å². The highest BCUT2D eigenvalue weighted by Crippen LogP contribution is 2.17. The van der Waals surface area contributed by atoms with Crippen molar-refractivity contribution in [2.75, 3.05) is 0 Å². The molecule has 132 valence electrons. The number of hydrogen-bond donors (Lipinski definition) is 4. The van der Waals surface area contributed by atoms with Gasteiger partial charge in [-0.2, -0.15) is 0 Å². The van der Waals surface area contributed by atoms with Gasteiger partial charge in [-0.3, -0.25) is 19.2 Å². The Hall–Kier alpha value is -1.80. The molecule has 0 aromatic carbocycles. The second kappa shape index (κ2) is 10.1. The molecule has 0 aromatic rings. The van der Waals surface area contributed by atoms with Gasteiger partial charge in [0.15, 0.2) is 0 Å². The molecule has 4 atom stereocenters. The molecule has 0 aromatic heterocycles. The van der Waals surface area contributed by atoms with E-state index in [1.165, 1.54) is 0 Å². The number of carbonyl (C=O) groups is 4. The minimum Gasteiger partial charge on any atom is -0.480 e. The van der Waals surface area contributed by atoms with Crippen LogP contribution in [0.3, 0.4) is 0 Å². The number of hydrogen-bond acceptors (Lipinski definition) is 6. The lowest BCUT2D eigenvalue weighted by Crippen LogP contribution is -2.34. The first-order valence-corrected chi connectivity index (χ1v) is 7.58. The van der Waals surface area contributed by atoms with E-state index < -0.39 is 24.0 Å². The Morgan fingerprint density at radius 1 is 0.783 bits per heavy atom. The molecule has 0 aliphatic rings. The molecule has 0 saturated heterocycles. The molecule has 0 amide bonds. The lowest BCUT2D eigenvalue weighted by atomic mass is 9.89. The highest BCUT2D eigenvalue weighted by molar-refractivity contribution is 5.87. The zero-order chi connectivity index (χ0) is 18.2. The van der Waals surface area contributed by atoms with Gasteiger partial charge < -0.3 is 21.7 Å². The Labute approximate surface area is 135 Å². The van der Waals surface area contributed by atoms with Gasteiger partial charge in [-0.15, -0.1) is 0 Å². The molecule has 0 rings (SSSR count). The van der Waals surface area contributed by atoms with E-state index in [-0.39, 0.29) is 42.7 Å². The van der Waals surface area contributed by atoms with Gasteiger partial charge in [0.2, 0.25) is 0 Å². The van der Waals surface area contributed by atoms with Crippen molar-refractivity contribution in [1.82, 2.24) is 0 Å². The SMILES string of the molecule is CC(CCC(C)C(=O)C[C@H](N)C(=O)O)C(=O)CC[C@H](N)C(=O)O. The van der Waals surface area contributed by atoms with Gasteiger partial charge in [0, 0.05) is 24.7 Å². The summed E-state index contributed by atoms with van der Waals surface area (Å²) in [6.45, 7) is 3.39. The zero-order valence-electron chi connectivity index (χ0n) is 13.5. The number of carbonyl (C=O) groups excluding carboxylic acids is 2. The fraction of sp³-hybridized carbons (Fsp3) is 0.733. The van der Waals surface area contributed by atoms with Crippen LogP contribution in [0.15, 0.2) is 0 Å². The van der Waals surface area contributed by atoms with E-state index in [4.69, 9.17) is 21.7 Å². The summed E-state index contributed by atoms with van der Waals surface area (Å²) in [5.74, 6) is -3.38. The predicted octanol–water partition coefficient (Wildman–Crippen LogP) is 0.171. The van der Waals surface area contributed by atoms with Gasteiger partial charge in [-0.1, -0.05) is 13.8 Å². The molecule has 0 saturated carbocycles. The first-order valence-electron chi connectivity index (χ1n) is 7.58. The number of carboxylic acids is 2. The maximum absolute atomic E-state index is 11.9. The van der Waals surface area contributed by atoms with Crippen LogP contribution in [0.4, 0.5) is 0 Å². The van der Waals surface area contributed by atoms with E-state index in [1.54, 1.807) is 13.8 Å². The van der Waals surface area contributed by atoms with Gasteiger partial charge >= 0.3 is 11.9 Å². The largest absolute Gasteiger partial charge is 0.480 e. The molecular formula is C15H26N2O6. The van der Waals surface area contributed by atoms with Crippen LogP contribution in [-0.4, -0.2) is 45.8 Å². The number of ketones is 2. The summed E-state index contributed by atoms with van der Waals surface area (Å²) in [6.07, 6.45) is 0.854. The summed E-state index contributed by atoms with van der Waals surface area (Å²) in [5.41, 5.74) is 10.7. The second-order valence-corrected chi connectivity index (χ2v) is 5.94. The lowest BCUT2D eigenvalue weighted by Gasteiger charge is -2.15. The van der Waals surface area contributed by atoms with Crippen LogP contribution in [0.5, 0.6) is 0 Å². The van der Waals surface area contributed by atoms with E-state index >= 15 is 0 Å². The van der Waals surface area contributed by atoms with Crippen LogP contribution >= 0.6 is 0 Å². The van der Waals surface area contributed by atoms with E-state index in [1.807, 2.05) is 0 Å². The topological polar surface area (TPSA) is 161 Å². The second-order valence-electron chi connectivity index (χ2n) is 5.94. The lowest BCUT2D eigenvalue weighted by molar-refractivity contribution is -0.140. The summed E-state index contributed by atoms with van der Waals surface area (Å²) in [4.78, 5) is 44.9. The molecule has 0 aliphatic carbocycles. The van der Waals surface area contributed by atoms with Crippen LogP contribution in [-0.2, 0) is 19.2 Å². The van der Waals surface area contributed by atoms with Crippen LogP contribution < -0.4 is 11.5 Å². The van der Waals surface area contributed by atoms with Crippen molar-refractivity contribution in [3.8, 4) is 0 Å². The van der Waals surface area contributed by atoms with Crippen LogP contribution in [0, 0.1) is 11.8 Å². The van der Waals surface area contributed by atoms with Gasteiger partial charge in [-0.25, -0.2) is 0 Å². The quantitative estimate of drug-likeness (QED) is 0.394. The van der Waals surface area contributed by atoms with E-state index in [0.717, 1.165) is 0 Å². The number of aliphatic carboxylic acids is 2. The third kappa shape index (κ3) is 8.41. The Bertz CT molecular complexity index is 451. The standard InChI is InChI=1S/C15H26N2O6/c1-8(12(18)6-5-10(16)14(20)21)3-4-9(2)13(19)7-11(17)15(22)23/h8-11H,3-7,16-17H2,1-2H3,(H,20,21)(H,22,23)/t8?,9?,10-,11-/m0/s1. The number of nitrogens with two attached hydrogens (primary N) is 2. The minimum atomic E-state index is -1.22. The molecule has 0 bridgehead atoms. The Kier molecular flexibility index (Phi) is 9.28. The van der Waals surface area contributed by atoms with Crippen molar-refractivity contribution in [2.45, 2.75) is 58.0 Å². The molecule has 23 heavy (non-hydrogen) atoms. The Morgan fingerprint density at radius 2 is 1.22 bits per heavy atom. The molecule has 2 unspecified atom stereocenters. The predicted molar refractivity (Wildman–Crippen MR) is 82.6 cm³/mol. The van der Waals surface area contributed by atoms with Crippen molar-refractivity contribution < 1.29 is 29.4 Å². The highest BCUT2D eigenvalue weighted by atomic mass is 16.4. The summed E-state index contributed by atoms with van der Waals surface area (Å²) in [5, 5.41) is 17.3. The average Bonchev–Trinajstić information content (AvgIpc) is 2.48. The van der Waals surface area contributed by atoms with Gasteiger partial charge in [0.1, 0.15) is 23.7 Å². The summed E-state index contributed by atoms with van der Waals surface area (Å²) < 4.78 is 0. The number of Topliss-reactive ketones (excluding diaryl/α,β-unsaturated/α-hetero) is 2. The fourth-order valence-electron chi connectivity index (χ4n) is 1.99. The Morgan fingerprint density at radius 3 is 1.65 bits per heavy atom. The first-order chi connectivity index (χ1) is 10.6. The maximum Gasteiger partial charge on any atom is 0.320 e. The molecule has 6 N–H and O–H groups in total. The molecule has 0 aliphatic heterocycles. The minimum absolute atomic E-state index is 0.0838. The molecular weight excluding hydrogens is 304 g/mol. The van der Waals surface area contributed by atoms with Crippen molar-refractivity contribution in [3.05, 3.63) is 0 Å². The van der Waals surface area contributed by atoms with Crippen LogP contribution in [0.25, 0.3) is 0 Å². The van der Waals surface area contributed by atoms with Crippen molar-refractivity contribution in [2.24, 2.45) is 23.3 Å². The Balaban J connectivity index is 4.18. The number of carboxylic acid groups (broad SMARTS) is 2. The monoisotopic (exact) mass is 330 g/mol. The first kappa shape index (κ1) is 21.2. The summed E-state index contributed by atoms with van der Waals surface area (Å²) in [7, 11) is 0. The third-order valence-electron chi connectivity index (χ3n) is 3.89. The van der Waals surface area contributed by atoms with Crippen LogP contribution in [0.2, 0.25) is 0 Å². The van der Waals surface area contributed by atoms with Gasteiger partial charge in [0.05, 0.1) is 0 Å². The molecule has 0 spiro atoms. The van der Waals surface area contributed by atoms with Crippen molar-refractivity contribution in [3.63, 3.8) is 0 Å². The molecule has 0 radical (unpaired) electrons. The summed E-state index contributed by atoms with van der Waals surface area (Å²) in [6, 6.07) is -2.26. The van der Waals surface area contributed by atoms with E-state index in [2.05, 4.69) is 0 Å². The van der Waals surface area contributed by atoms with Crippen molar-refractivity contribution in [1.29, 1.82) is 0 Å². The zero-order valence-corrected chi connectivity index (χ0v) is 13.5. The third-order valence-corrected chi connectivity index (χ3v) is 3.89. The van der Waals surface area contributed by atoms with E-state index in [0.29, 0.717) is 12.8 Å². The van der Waals surface area contributed by atoms with E-state index in [9.17, 15) is 19.2 Å². The van der Waals surface area contributed by atoms with Gasteiger partial charge in [-0.05, 0) is 19.3 Å². The maximum atomic E-state index is 11.9. The number of rotatable bonds is 12. The van der Waals surface area contributed by atoms with Crippen molar-refractivity contribution >= 4 is 23.5 Å². The normalized spacial score (nSPS) is 16.2. The molecule has 8 nitrogen and oxygen atoms in total. The molecule has 0 fully saturated rings. The fourth-order valence-corrected chi connectivity index (χ4v) is 1.99. The van der Waals surface area contributed by atoms with Crippen LogP contribution in [0.1, 0.15) is 46.0 Å². The molecule has 0 heterocycles. The summed E-state index contributed by atoms with van der Waals surface area (Å²) >= 11 is 0. The smallest absolute Gasteiger partial charge is 0.320 e.